The molecule has 0 heterocycles. The molecular weight excluding hydrogens is 478 g/mol. The molecular formula is C24H35NO11. The van der Waals surface area contributed by atoms with Crippen LogP contribution in [-0.4, -0.2) is 62.5 Å². The molecule has 0 amide bonds. The quantitative estimate of drug-likeness (QED) is 0.245. The van der Waals surface area contributed by atoms with Crippen LogP contribution in [0.4, 0.5) is 14.4 Å². The molecule has 1 aromatic rings. The standard InChI is InChI=1S/C24H35NO11/c1-7-30-22(27)35-19-10-9-17(12-20(19)36-23(28)31-8-2)11-18(25)21(26)33-15(5)16(6)34-24(29)32-13-14(3)4/h9-10,12,14-16,18H,7-8,11,13,25H2,1-6H3/t15-,16-,18-/m0/s1. The molecule has 3 atom stereocenters. The number of hydrogen-bond donors (Lipinski definition) is 1. The SMILES string of the molecule is CCOC(=O)Oc1ccc(C[C@H](N)C(=O)O[C@@H](C)[C@H](C)OC(=O)OCC(C)C)cc1OC(=O)OCC. The second kappa shape index (κ2) is 15.5. The maximum Gasteiger partial charge on any atom is 0.513 e. The molecule has 0 radical (unpaired) electrons. The van der Waals surface area contributed by atoms with Gasteiger partial charge in [-0.3, -0.25) is 4.79 Å². The van der Waals surface area contributed by atoms with E-state index in [1.54, 1.807) is 27.7 Å². The lowest BCUT2D eigenvalue weighted by Gasteiger charge is -2.22. The smallest absolute Gasteiger partial charge is 0.458 e. The first-order chi connectivity index (χ1) is 17.0. The molecule has 0 aliphatic rings. The zero-order valence-corrected chi connectivity index (χ0v) is 21.4. The third-order valence-electron chi connectivity index (χ3n) is 4.46. The van der Waals surface area contributed by atoms with Gasteiger partial charge in [-0.15, -0.1) is 0 Å². The van der Waals surface area contributed by atoms with Gasteiger partial charge in [0.25, 0.3) is 0 Å². The number of rotatable bonds is 12. The Balaban J connectivity index is 2.81. The number of esters is 1. The summed E-state index contributed by atoms with van der Waals surface area (Å²) < 4.78 is 35.0. The predicted molar refractivity (Wildman–Crippen MR) is 126 cm³/mol. The van der Waals surface area contributed by atoms with Gasteiger partial charge in [-0.2, -0.15) is 0 Å². The van der Waals surface area contributed by atoms with Crippen molar-refractivity contribution in [1.29, 1.82) is 0 Å². The van der Waals surface area contributed by atoms with E-state index >= 15 is 0 Å². The Hall–Kier alpha value is -3.54. The van der Waals surface area contributed by atoms with Crippen LogP contribution in [0.2, 0.25) is 0 Å². The monoisotopic (exact) mass is 513 g/mol. The zero-order valence-electron chi connectivity index (χ0n) is 21.4. The van der Waals surface area contributed by atoms with Crippen molar-refractivity contribution in [3.63, 3.8) is 0 Å². The molecule has 0 spiro atoms. The summed E-state index contributed by atoms with van der Waals surface area (Å²) in [6, 6.07) is 3.16. The summed E-state index contributed by atoms with van der Waals surface area (Å²) in [7, 11) is 0. The van der Waals surface area contributed by atoms with Gasteiger partial charge in [0.2, 0.25) is 0 Å². The molecule has 0 bridgehead atoms. The minimum Gasteiger partial charge on any atom is -0.458 e. The third-order valence-corrected chi connectivity index (χ3v) is 4.46. The van der Waals surface area contributed by atoms with E-state index in [4.69, 9.17) is 38.9 Å². The highest BCUT2D eigenvalue weighted by molar-refractivity contribution is 5.76. The summed E-state index contributed by atoms with van der Waals surface area (Å²) >= 11 is 0. The van der Waals surface area contributed by atoms with Gasteiger partial charge in [0.15, 0.2) is 11.5 Å². The van der Waals surface area contributed by atoms with Gasteiger partial charge in [0.05, 0.1) is 19.8 Å². The summed E-state index contributed by atoms with van der Waals surface area (Å²) in [4.78, 5) is 47.7. The Labute approximate surface area is 210 Å². The number of carbonyl (C=O) groups excluding carboxylic acids is 4. The lowest BCUT2D eigenvalue weighted by molar-refractivity contribution is -0.155. The largest absolute Gasteiger partial charge is 0.513 e. The minimum atomic E-state index is -1.10. The van der Waals surface area contributed by atoms with E-state index in [1.165, 1.54) is 18.2 Å². The fourth-order valence-electron chi connectivity index (χ4n) is 2.54. The molecule has 0 aromatic heterocycles. The van der Waals surface area contributed by atoms with Crippen LogP contribution in [0.15, 0.2) is 18.2 Å². The second-order valence-corrected chi connectivity index (χ2v) is 8.08. The van der Waals surface area contributed by atoms with E-state index in [0.29, 0.717) is 5.56 Å². The van der Waals surface area contributed by atoms with Crippen molar-refractivity contribution in [1.82, 2.24) is 0 Å². The van der Waals surface area contributed by atoms with Crippen molar-refractivity contribution in [2.45, 2.75) is 66.2 Å². The number of nitrogens with two attached hydrogens (primary N) is 1. The highest BCUT2D eigenvalue weighted by atomic mass is 16.7. The molecule has 202 valence electrons. The molecule has 0 unspecified atom stereocenters. The van der Waals surface area contributed by atoms with Gasteiger partial charge in [-0.1, -0.05) is 19.9 Å². The maximum absolute atomic E-state index is 12.5. The molecule has 2 N–H and O–H groups in total. The van der Waals surface area contributed by atoms with E-state index < -0.39 is 42.7 Å². The van der Waals surface area contributed by atoms with Gasteiger partial charge >= 0.3 is 24.4 Å². The fraction of sp³-hybridized carbons (Fsp3) is 0.583. The van der Waals surface area contributed by atoms with Crippen molar-refractivity contribution >= 4 is 24.4 Å². The summed E-state index contributed by atoms with van der Waals surface area (Å²) in [5.74, 6) is -0.816. The predicted octanol–water partition coefficient (Wildman–Crippen LogP) is 3.76. The van der Waals surface area contributed by atoms with Crippen LogP contribution < -0.4 is 15.2 Å². The first-order valence-corrected chi connectivity index (χ1v) is 11.6. The average molecular weight is 514 g/mol. The van der Waals surface area contributed by atoms with Crippen LogP contribution in [0, 0.1) is 5.92 Å². The number of carbonyl (C=O) groups is 4. The van der Waals surface area contributed by atoms with Crippen molar-refractivity contribution in [2.24, 2.45) is 11.7 Å². The van der Waals surface area contributed by atoms with Gasteiger partial charge in [0, 0.05) is 0 Å². The lowest BCUT2D eigenvalue weighted by atomic mass is 10.1. The molecule has 12 nitrogen and oxygen atoms in total. The lowest BCUT2D eigenvalue weighted by Crippen LogP contribution is -2.39. The summed E-state index contributed by atoms with van der Waals surface area (Å²) in [6.07, 6.45) is -4.43. The van der Waals surface area contributed by atoms with Crippen LogP contribution in [0.1, 0.15) is 47.1 Å². The summed E-state index contributed by atoms with van der Waals surface area (Å²) in [5, 5.41) is 0. The first kappa shape index (κ1) is 30.5. The summed E-state index contributed by atoms with van der Waals surface area (Å²) in [6.45, 7) is 10.4. The van der Waals surface area contributed by atoms with Crippen LogP contribution in [0.25, 0.3) is 0 Å². The third kappa shape index (κ3) is 11.3. The van der Waals surface area contributed by atoms with Gasteiger partial charge in [-0.25, -0.2) is 14.4 Å². The minimum absolute atomic E-state index is 0.00388. The molecule has 36 heavy (non-hydrogen) atoms. The first-order valence-electron chi connectivity index (χ1n) is 11.6. The van der Waals surface area contributed by atoms with E-state index in [-0.39, 0.29) is 43.7 Å². The van der Waals surface area contributed by atoms with Crippen molar-refractivity contribution in [3.05, 3.63) is 23.8 Å². The Morgan fingerprint density at radius 2 is 1.33 bits per heavy atom. The molecule has 0 fully saturated rings. The fourth-order valence-corrected chi connectivity index (χ4v) is 2.54. The van der Waals surface area contributed by atoms with Crippen molar-refractivity contribution in [2.75, 3.05) is 19.8 Å². The normalized spacial score (nSPS) is 13.1. The molecule has 1 aromatic carbocycles. The van der Waals surface area contributed by atoms with Crippen molar-refractivity contribution in [3.8, 4) is 11.5 Å². The highest BCUT2D eigenvalue weighted by Crippen LogP contribution is 2.30. The van der Waals surface area contributed by atoms with E-state index in [1.807, 2.05) is 13.8 Å². The van der Waals surface area contributed by atoms with E-state index in [2.05, 4.69) is 0 Å². The Morgan fingerprint density at radius 3 is 1.89 bits per heavy atom. The number of hydrogen-bond acceptors (Lipinski definition) is 12. The topological polar surface area (TPSA) is 159 Å². The van der Waals surface area contributed by atoms with Gasteiger partial charge in [0.1, 0.15) is 18.2 Å². The molecule has 0 saturated heterocycles. The average Bonchev–Trinajstić information content (AvgIpc) is 2.79. The van der Waals surface area contributed by atoms with Crippen LogP contribution in [-0.2, 0) is 34.9 Å². The van der Waals surface area contributed by atoms with Crippen LogP contribution in [0.5, 0.6) is 11.5 Å². The maximum atomic E-state index is 12.5. The van der Waals surface area contributed by atoms with Crippen LogP contribution in [0.3, 0.4) is 0 Å². The van der Waals surface area contributed by atoms with E-state index in [0.717, 1.165) is 0 Å². The Morgan fingerprint density at radius 1 is 0.778 bits per heavy atom. The second-order valence-electron chi connectivity index (χ2n) is 8.08. The zero-order chi connectivity index (χ0) is 27.3. The molecule has 12 heteroatoms. The Bertz CT molecular complexity index is 887. The van der Waals surface area contributed by atoms with Crippen molar-refractivity contribution < 1.29 is 52.3 Å². The Kier molecular flexibility index (Phi) is 13.1. The molecule has 1 rings (SSSR count). The van der Waals surface area contributed by atoms with Gasteiger partial charge in [-0.05, 0) is 57.7 Å². The van der Waals surface area contributed by atoms with Gasteiger partial charge < -0.3 is 38.9 Å². The molecule has 0 saturated carbocycles. The number of benzene rings is 1. The van der Waals surface area contributed by atoms with Crippen LogP contribution >= 0.6 is 0 Å². The molecule has 0 aliphatic carbocycles. The molecule has 0 aliphatic heterocycles. The van der Waals surface area contributed by atoms with E-state index in [9.17, 15) is 19.2 Å². The highest BCUT2D eigenvalue weighted by Gasteiger charge is 2.25. The number of ether oxygens (including phenoxy) is 7. The summed E-state index contributed by atoms with van der Waals surface area (Å²) in [5.41, 5.74) is 6.47.